The Morgan fingerprint density at radius 3 is 2.61 bits per heavy atom. The van der Waals surface area contributed by atoms with E-state index in [-0.39, 0.29) is 26.4 Å². The number of phenolic OH excluding ortho intramolecular Hbond substituents is 1. The standard InChI is InChI=1S/C16H21Cl3N2O2/c1-10-3-7-21(8-4-10)6-2-5-20-16(23)13-14(19)11(17)9-12(18)15(13)22/h9-10,22H,2-8H2,1H3,(H,20,23). The molecule has 0 aromatic heterocycles. The van der Waals surface area contributed by atoms with Gasteiger partial charge in [-0.15, -0.1) is 0 Å². The summed E-state index contributed by atoms with van der Waals surface area (Å²) in [4.78, 5) is 14.6. The number of amides is 1. The molecule has 4 nitrogen and oxygen atoms in total. The molecule has 2 rings (SSSR count). The van der Waals surface area contributed by atoms with E-state index in [1.165, 1.54) is 18.9 Å². The van der Waals surface area contributed by atoms with Gasteiger partial charge in [0.1, 0.15) is 11.3 Å². The molecular weight excluding hydrogens is 359 g/mol. The van der Waals surface area contributed by atoms with E-state index in [9.17, 15) is 9.90 Å². The van der Waals surface area contributed by atoms with Crippen LogP contribution in [0.25, 0.3) is 0 Å². The van der Waals surface area contributed by atoms with Crippen LogP contribution in [-0.4, -0.2) is 42.1 Å². The Kier molecular flexibility index (Phi) is 6.84. The molecule has 7 heteroatoms. The Hall–Kier alpha value is -0.680. The zero-order chi connectivity index (χ0) is 17.0. The minimum absolute atomic E-state index is 0.00647. The molecule has 1 aliphatic rings. The predicted octanol–water partition coefficient (Wildman–Crippen LogP) is 4.20. The van der Waals surface area contributed by atoms with Crippen LogP contribution < -0.4 is 5.32 Å². The third-order valence-corrected chi connectivity index (χ3v) is 5.26. The van der Waals surface area contributed by atoms with Crippen LogP contribution >= 0.6 is 34.8 Å². The molecule has 0 saturated carbocycles. The van der Waals surface area contributed by atoms with Crippen molar-refractivity contribution in [1.29, 1.82) is 0 Å². The van der Waals surface area contributed by atoms with E-state index >= 15 is 0 Å². The second kappa shape index (κ2) is 8.43. The number of nitrogens with zero attached hydrogens (tertiary/aromatic N) is 1. The molecule has 0 unspecified atom stereocenters. The van der Waals surface area contributed by atoms with Gasteiger partial charge < -0.3 is 15.3 Å². The zero-order valence-electron chi connectivity index (χ0n) is 13.0. The summed E-state index contributed by atoms with van der Waals surface area (Å²) in [6, 6.07) is 1.31. The van der Waals surface area contributed by atoms with Gasteiger partial charge in [0, 0.05) is 6.54 Å². The average Bonchev–Trinajstić information content (AvgIpc) is 2.51. The maximum absolute atomic E-state index is 12.2. The highest BCUT2D eigenvalue weighted by Crippen LogP contribution is 2.38. The second-order valence-electron chi connectivity index (χ2n) is 6.01. The van der Waals surface area contributed by atoms with Crippen molar-refractivity contribution < 1.29 is 9.90 Å². The highest BCUT2D eigenvalue weighted by Gasteiger charge is 2.21. The molecule has 1 amide bonds. The molecule has 0 bridgehead atoms. The monoisotopic (exact) mass is 378 g/mol. The lowest BCUT2D eigenvalue weighted by Gasteiger charge is -2.30. The molecule has 2 N–H and O–H groups in total. The van der Waals surface area contributed by atoms with E-state index in [2.05, 4.69) is 17.1 Å². The SMILES string of the molecule is CC1CCN(CCCNC(=O)c2c(O)c(Cl)cc(Cl)c2Cl)CC1. The molecule has 1 aromatic carbocycles. The molecule has 128 valence electrons. The maximum atomic E-state index is 12.2. The van der Waals surface area contributed by atoms with E-state index < -0.39 is 5.91 Å². The van der Waals surface area contributed by atoms with Gasteiger partial charge in [0.15, 0.2) is 0 Å². The normalized spacial score (nSPS) is 16.5. The molecule has 1 saturated heterocycles. The summed E-state index contributed by atoms with van der Waals surface area (Å²) in [5.41, 5.74) is -0.0732. The quantitative estimate of drug-likeness (QED) is 0.595. The smallest absolute Gasteiger partial charge is 0.256 e. The Labute approximate surface area is 151 Å². The van der Waals surface area contributed by atoms with Crippen LogP contribution in [0.4, 0.5) is 0 Å². The molecule has 0 radical (unpaired) electrons. The van der Waals surface area contributed by atoms with Crippen LogP contribution in [0.15, 0.2) is 6.07 Å². The summed E-state index contributed by atoms with van der Waals surface area (Å²) < 4.78 is 0. The molecule has 0 aliphatic carbocycles. The first kappa shape index (κ1) is 18.7. The van der Waals surface area contributed by atoms with Gasteiger partial charge in [0.2, 0.25) is 0 Å². The van der Waals surface area contributed by atoms with Crippen LogP contribution in [0.2, 0.25) is 15.1 Å². The van der Waals surface area contributed by atoms with E-state index in [0.29, 0.717) is 6.54 Å². The van der Waals surface area contributed by atoms with Gasteiger partial charge in [0.05, 0.1) is 15.1 Å². The number of halogens is 3. The molecule has 0 atom stereocenters. The summed E-state index contributed by atoms with van der Waals surface area (Å²) in [5.74, 6) is -0.00333. The summed E-state index contributed by atoms with van der Waals surface area (Å²) in [7, 11) is 0. The lowest BCUT2D eigenvalue weighted by molar-refractivity contribution is 0.0948. The molecule has 1 aliphatic heterocycles. The first-order valence-corrected chi connectivity index (χ1v) is 8.90. The van der Waals surface area contributed by atoms with E-state index in [1.807, 2.05) is 0 Å². The number of carbonyl (C=O) groups is 1. The van der Waals surface area contributed by atoms with Gasteiger partial charge in [-0.3, -0.25) is 4.79 Å². The molecule has 1 heterocycles. The number of hydrogen-bond donors (Lipinski definition) is 2. The van der Waals surface area contributed by atoms with Crippen molar-refractivity contribution in [2.24, 2.45) is 5.92 Å². The fraction of sp³-hybridized carbons (Fsp3) is 0.562. The van der Waals surface area contributed by atoms with Crippen LogP contribution in [0, 0.1) is 5.92 Å². The number of aromatic hydroxyl groups is 1. The molecule has 0 spiro atoms. The number of hydrogen-bond acceptors (Lipinski definition) is 3. The summed E-state index contributed by atoms with van der Waals surface area (Å²) in [6.07, 6.45) is 3.31. The fourth-order valence-electron chi connectivity index (χ4n) is 2.67. The third-order valence-electron chi connectivity index (χ3n) is 4.19. The van der Waals surface area contributed by atoms with E-state index in [4.69, 9.17) is 34.8 Å². The summed E-state index contributed by atoms with van der Waals surface area (Å²) >= 11 is 17.7. The van der Waals surface area contributed by atoms with Gasteiger partial charge in [-0.05, 0) is 50.9 Å². The van der Waals surface area contributed by atoms with E-state index in [0.717, 1.165) is 32.0 Å². The topological polar surface area (TPSA) is 52.6 Å². The highest BCUT2D eigenvalue weighted by molar-refractivity contribution is 6.45. The Morgan fingerprint density at radius 1 is 1.30 bits per heavy atom. The molecule has 23 heavy (non-hydrogen) atoms. The van der Waals surface area contributed by atoms with Gasteiger partial charge >= 0.3 is 0 Å². The molecule has 1 fully saturated rings. The fourth-order valence-corrected chi connectivity index (χ4v) is 3.36. The zero-order valence-corrected chi connectivity index (χ0v) is 15.3. The van der Waals surface area contributed by atoms with Gasteiger partial charge in [-0.1, -0.05) is 41.7 Å². The van der Waals surface area contributed by atoms with Gasteiger partial charge in [0.25, 0.3) is 5.91 Å². The molecule has 1 aromatic rings. The van der Waals surface area contributed by atoms with Crippen molar-refractivity contribution in [2.45, 2.75) is 26.2 Å². The number of likely N-dealkylation sites (tertiary alicyclic amines) is 1. The van der Waals surface area contributed by atoms with Gasteiger partial charge in [-0.25, -0.2) is 0 Å². The Bertz CT molecular complexity index is 547. The minimum Gasteiger partial charge on any atom is -0.505 e. The van der Waals surface area contributed by atoms with Crippen LogP contribution in [-0.2, 0) is 0 Å². The Morgan fingerprint density at radius 2 is 1.96 bits per heavy atom. The summed E-state index contributed by atoms with van der Waals surface area (Å²) in [6.45, 7) is 5.97. The first-order chi connectivity index (χ1) is 10.9. The number of phenols is 1. The number of carbonyl (C=O) groups excluding carboxylic acids is 1. The van der Waals surface area contributed by atoms with Crippen molar-refractivity contribution in [1.82, 2.24) is 10.2 Å². The largest absolute Gasteiger partial charge is 0.505 e. The Balaban J connectivity index is 1.84. The number of rotatable bonds is 5. The van der Waals surface area contributed by atoms with Crippen LogP contribution in [0.3, 0.4) is 0 Å². The van der Waals surface area contributed by atoms with Gasteiger partial charge in [-0.2, -0.15) is 0 Å². The van der Waals surface area contributed by atoms with Crippen molar-refractivity contribution in [3.63, 3.8) is 0 Å². The maximum Gasteiger partial charge on any atom is 0.256 e. The van der Waals surface area contributed by atoms with Crippen LogP contribution in [0.1, 0.15) is 36.5 Å². The minimum atomic E-state index is -0.468. The second-order valence-corrected chi connectivity index (χ2v) is 7.20. The first-order valence-electron chi connectivity index (χ1n) is 7.77. The van der Waals surface area contributed by atoms with Crippen LogP contribution in [0.5, 0.6) is 5.75 Å². The lowest BCUT2D eigenvalue weighted by atomic mass is 9.99. The number of nitrogens with one attached hydrogen (secondary N) is 1. The summed E-state index contributed by atoms with van der Waals surface area (Å²) in [5, 5.41) is 12.8. The van der Waals surface area contributed by atoms with Crippen molar-refractivity contribution in [2.75, 3.05) is 26.2 Å². The van der Waals surface area contributed by atoms with Crippen molar-refractivity contribution in [3.05, 3.63) is 26.7 Å². The number of benzene rings is 1. The number of piperidine rings is 1. The molecular formula is C16H21Cl3N2O2. The van der Waals surface area contributed by atoms with Crippen molar-refractivity contribution in [3.8, 4) is 5.75 Å². The average molecular weight is 380 g/mol. The third kappa shape index (κ3) is 4.90. The predicted molar refractivity (Wildman–Crippen MR) is 94.9 cm³/mol. The van der Waals surface area contributed by atoms with Crippen molar-refractivity contribution >= 4 is 40.7 Å². The highest BCUT2D eigenvalue weighted by atomic mass is 35.5. The van der Waals surface area contributed by atoms with E-state index in [1.54, 1.807) is 0 Å². The lowest BCUT2D eigenvalue weighted by Crippen LogP contribution is -2.35.